The van der Waals surface area contributed by atoms with Crippen molar-refractivity contribution in [2.24, 2.45) is 0 Å². The lowest BCUT2D eigenvalue weighted by atomic mass is 10.0. The average Bonchev–Trinajstić information content (AvgIpc) is 3.27. The van der Waals surface area contributed by atoms with Crippen LogP contribution >= 0.6 is 11.3 Å². The van der Waals surface area contributed by atoms with Gasteiger partial charge >= 0.3 is 0 Å². The van der Waals surface area contributed by atoms with E-state index in [2.05, 4.69) is 35.5 Å². The number of likely N-dealkylation sites (tertiary alicyclic amines) is 1. The minimum absolute atomic E-state index is 0.0260. The molecule has 0 saturated carbocycles. The number of allylic oxidation sites excluding steroid dienone is 1. The lowest BCUT2D eigenvalue weighted by molar-refractivity contribution is 0.0912. The second-order valence-electron chi connectivity index (χ2n) is 7.69. The highest BCUT2D eigenvalue weighted by molar-refractivity contribution is 7.12. The van der Waals surface area contributed by atoms with Crippen molar-refractivity contribution in [3.63, 3.8) is 0 Å². The van der Waals surface area contributed by atoms with Crippen molar-refractivity contribution >= 4 is 23.2 Å². The number of hydrogen-bond donors (Lipinski definition) is 2. The molecule has 2 aromatic rings. The van der Waals surface area contributed by atoms with E-state index in [1.165, 1.54) is 16.9 Å². The maximum atomic E-state index is 12.5. The summed E-state index contributed by atoms with van der Waals surface area (Å²) in [6, 6.07) is 11.3. The fraction of sp³-hybridized carbons (Fsp3) is 0.391. The SMILES string of the molecule is CC(C)=CCN1CCC(NC(=O)c2ccc(CNC(=O)c3cccs3)cc2)CC1. The van der Waals surface area contributed by atoms with Gasteiger partial charge in [-0.05, 0) is 55.8 Å². The Morgan fingerprint density at radius 2 is 1.83 bits per heavy atom. The highest BCUT2D eigenvalue weighted by atomic mass is 32.1. The first-order valence-corrected chi connectivity index (χ1v) is 11.0. The van der Waals surface area contributed by atoms with E-state index in [9.17, 15) is 9.59 Å². The Morgan fingerprint density at radius 1 is 1.10 bits per heavy atom. The summed E-state index contributed by atoms with van der Waals surface area (Å²) in [7, 11) is 0. The number of thiophene rings is 1. The molecule has 2 heterocycles. The number of carbonyl (C=O) groups excluding carboxylic acids is 2. The van der Waals surface area contributed by atoms with Crippen molar-refractivity contribution in [1.29, 1.82) is 0 Å². The van der Waals surface area contributed by atoms with Gasteiger partial charge in [-0.25, -0.2) is 0 Å². The molecule has 1 fully saturated rings. The number of hydrogen-bond acceptors (Lipinski definition) is 4. The number of nitrogens with one attached hydrogen (secondary N) is 2. The Bertz CT molecular complexity index is 832. The van der Waals surface area contributed by atoms with Crippen LogP contribution in [-0.2, 0) is 6.54 Å². The summed E-state index contributed by atoms with van der Waals surface area (Å²) in [5.41, 5.74) is 2.97. The van der Waals surface area contributed by atoms with Crippen molar-refractivity contribution in [3.05, 3.63) is 69.4 Å². The van der Waals surface area contributed by atoms with Gasteiger partial charge in [0.2, 0.25) is 0 Å². The van der Waals surface area contributed by atoms with Crippen LogP contribution < -0.4 is 10.6 Å². The van der Waals surface area contributed by atoms with Gasteiger partial charge in [-0.2, -0.15) is 0 Å². The van der Waals surface area contributed by atoms with Gasteiger partial charge in [0, 0.05) is 37.8 Å². The first-order valence-electron chi connectivity index (χ1n) is 10.1. The van der Waals surface area contributed by atoms with E-state index in [-0.39, 0.29) is 17.9 Å². The van der Waals surface area contributed by atoms with Gasteiger partial charge in [-0.1, -0.05) is 29.8 Å². The van der Waals surface area contributed by atoms with E-state index in [1.54, 1.807) is 6.07 Å². The number of benzene rings is 1. The fourth-order valence-electron chi connectivity index (χ4n) is 3.29. The molecule has 5 nitrogen and oxygen atoms in total. The smallest absolute Gasteiger partial charge is 0.261 e. The maximum Gasteiger partial charge on any atom is 0.261 e. The molecule has 1 saturated heterocycles. The Labute approximate surface area is 176 Å². The maximum absolute atomic E-state index is 12.5. The first kappa shape index (κ1) is 21.3. The summed E-state index contributed by atoms with van der Waals surface area (Å²) in [4.78, 5) is 27.7. The molecule has 29 heavy (non-hydrogen) atoms. The third-order valence-electron chi connectivity index (χ3n) is 5.09. The van der Waals surface area contributed by atoms with E-state index < -0.39 is 0 Å². The topological polar surface area (TPSA) is 61.4 Å². The second kappa shape index (κ2) is 10.4. The summed E-state index contributed by atoms with van der Waals surface area (Å²) in [5.74, 6) is -0.0975. The number of piperidine rings is 1. The predicted octanol–water partition coefficient (Wildman–Crippen LogP) is 3.84. The molecule has 1 aliphatic rings. The van der Waals surface area contributed by atoms with Crippen molar-refractivity contribution < 1.29 is 9.59 Å². The highest BCUT2D eigenvalue weighted by Crippen LogP contribution is 2.13. The molecule has 0 atom stereocenters. The summed E-state index contributed by atoms with van der Waals surface area (Å²) in [6.07, 6.45) is 4.22. The number of carbonyl (C=O) groups is 2. The van der Waals surface area contributed by atoms with Gasteiger partial charge in [-0.3, -0.25) is 14.5 Å². The zero-order valence-corrected chi connectivity index (χ0v) is 17.9. The third-order valence-corrected chi connectivity index (χ3v) is 5.96. The molecule has 0 spiro atoms. The zero-order valence-electron chi connectivity index (χ0n) is 17.1. The van der Waals surface area contributed by atoms with Crippen LogP contribution in [0.3, 0.4) is 0 Å². The van der Waals surface area contributed by atoms with Crippen LogP contribution in [0.1, 0.15) is 52.3 Å². The number of nitrogens with zero attached hydrogens (tertiary/aromatic N) is 1. The van der Waals surface area contributed by atoms with Crippen LogP contribution in [0, 0.1) is 0 Å². The van der Waals surface area contributed by atoms with Crippen molar-refractivity contribution in [1.82, 2.24) is 15.5 Å². The fourth-order valence-corrected chi connectivity index (χ4v) is 3.93. The van der Waals surface area contributed by atoms with Crippen LogP contribution in [0.15, 0.2) is 53.4 Å². The minimum Gasteiger partial charge on any atom is -0.349 e. The van der Waals surface area contributed by atoms with Crippen LogP contribution in [-0.4, -0.2) is 42.4 Å². The zero-order chi connectivity index (χ0) is 20.6. The molecule has 1 aromatic carbocycles. The van der Waals surface area contributed by atoms with Gasteiger partial charge in [0.1, 0.15) is 0 Å². The molecule has 1 aliphatic heterocycles. The minimum atomic E-state index is -0.0715. The highest BCUT2D eigenvalue weighted by Gasteiger charge is 2.20. The summed E-state index contributed by atoms with van der Waals surface area (Å²) >= 11 is 1.42. The normalized spacial score (nSPS) is 15.0. The number of amides is 2. The lowest BCUT2D eigenvalue weighted by Gasteiger charge is -2.31. The van der Waals surface area contributed by atoms with Gasteiger partial charge in [0.05, 0.1) is 4.88 Å². The van der Waals surface area contributed by atoms with Crippen molar-refractivity contribution in [2.75, 3.05) is 19.6 Å². The molecule has 0 bridgehead atoms. The summed E-state index contributed by atoms with van der Waals surface area (Å²) in [5, 5.41) is 7.94. The molecule has 2 N–H and O–H groups in total. The Hall–Kier alpha value is -2.44. The van der Waals surface area contributed by atoms with Crippen LogP contribution in [0.25, 0.3) is 0 Å². The molecule has 2 amide bonds. The first-order chi connectivity index (χ1) is 14.0. The van der Waals surface area contributed by atoms with Crippen molar-refractivity contribution in [2.45, 2.75) is 39.3 Å². The van der Waals surface area contributed by atoms with E-state index >= 15 is 0 Å². The third kappa shape index (κ3) is 6.54. The van der Waals surface area contributed by atoms with Crippen LogP contribution in [0.4, 0.5) is 0 Å². The molecule has 154 valence electrons. The molecular weight excluding hydrogens is 382 g/mol. The largest absolute Gasteiger partial charge is 0.349 e. The Balaban J connectivity index is 1.43. The average molecular weight is 412 g/mol. The molecule has 0 radical (unpaired) electrons. The van der Waals surface area contributed by atoms with E-state index in [4.69, 9.17) is 0 Å². The number of rotatable bonds is 7. The summed E-state index contributed by atoms with van der Waals surface area (Å²) < 4.78 is 0. The van der Waals surface area contributed by atoms with Crippen LogP contribution in [0.5, 0.6) is 0 Å². The van der Waals surface area contributed by atoms with E-state index in [1.807, 2.05) is 35.7 Å². The molecule has 0 unspecified atom stereocenters. The van der Waals surface area contributed by atoms with Crippen LogP contribution in [0.2, 0.25) is 0 Å². The second-order valence-corrected chi connectivity index (χ2v) is 8.63. The molecule has 0 aliphatic carbocycles. The molecular formula is C23H29N3O2S. The van der Waals surface area contributed by atoms with Crippen molar-refractivity contribution in [3.8, 4) is 0 Å². The van der Waals surface area contributed by atoms with Gasteiger partial charge in [0.25, 0.3) is 11.8 Å². The quantitative estimate of drug-likeness (QED) is 0.681. The predicted molar refractivity (Wildman–Crippen MR) is 118 cm³/mol. The summed E-state index contributed by atoms with van der Waals surface area (Å²) in [6.45, 7) is 7.71. The Morgan fingerprint density at radius 3 is 2.45 bits per heavy atom. The standard InChI is InChI=1S/C23H29N3O2S/c1-17(2)9-12-26-13-10-20(11-14-26)25-22(27)19-7-5-18(6-8-19)16-24-23(28)21-4-3-15-29-21/h3-9,15,20H,10-14,16H2,1-2H3,(H,24,28)(H,25,27). The molecule has 6 heteroatoms. The molecule has 3 rings (SSSR count). The van der Waals surface area contributed by atoms with Gasteiger partial charge in [0.15, 0.2) is 0 Å². The van der Waals surface area contributed by atoms with Gasteiger partial charge < -0.3 is 10.6 Å². The lowest BCUT2D eigenvalue weighted by Crippen LogP contribution is -2.44. The monoisotopic (exact) mass is 411 g/mol. The molecule has 1 aromatic heterocycles. The Kier molecular flexibility index (Phi) is 7.61. The van der Waals surface area contributed by atoms with Gasteiger partial charge in [-0.15, -0.1) is 11.3 Å². The van der Waals surface area contributed by atoms with E-state index in [0.717, 1.165) is 38.0 Å². The van der Waals surface area contributed by atoms with E-state index in [0.29, 0.717) is 17.0 Å².